The Balaban J connectivity index is 2.54. The first-order valence-electron chi connectivity index (χ1n) is 3.93. The number of carbonyl (C=O) groups excluding carboxylic acids is 1. The van der Waals surface area contributed by atoms with Crippen LogP contribution >= 0.6 is 0 Å². The smallest absolute Gasteiger partial charge is 0.260 e. The zero-order valence-electron chi connectivity index (χ0n) is 7.22. The van der Waals surface area contributed by atoms with Crippen LogP contribution in [0.1, 0.15) is 26.7 Å². The van der Waals surface area contributed by atoms with Crippen LogP contribution in [0, 0.1) is 0 Å². The van der Waals surface area contributed by atoms with E-state index in [-0.39, 0.29) is 11.9 Å². The Labute approximate surface area is 66.4 Å². The van der Waals surface area contributed by atoms with E-state index >= 15 is 0 Å². The van der Waals surface area contributed by atoms with E-state index in [2.05, 4.69) is 0 Å². The molecule has 0 bridgehead atoms. The second-order valence-corrected chi connectivity index (χ2v) is 3.48. The van der Waals surface area contributed by atoms with Gasteiger partial charge >= 0.3 is 0 Å². The van der Waals surface area contributed by atoms with Gasteiger partial charge in [0, 0.05) is 13.1 Å². The number of hydrogen-bond donors (Lipinski definition) is 0. The predicted molar refractivity (Wildman–Crippen MR) is 41.0 cm³/mol. The van der Waals surface area contributed by atoms with Crippen molar-refractivity contribution in [3.05, 3.63) is 0 Å². The molecule has 11 heavy (non-hydrogen) atoms. The highest BCUT2D eigenvalue weighted by Crippen LogP contribution is 2.41. The Hall–Kier alpha value is -0.600. The topological polar surface area (TPSA) is 20.3 Å². The van der Waals surface area contributed by atoms with E-state index in [1.165, 1.54) is 4.90 Å². The van der Waals surface area contributed by atoms with Gasteiger partial charge in [-0.15, -0.1) is 0 Å². The van der Waals surface area contributed by atoms with E-state index in [0.29, 0.717) is 12.8 Å². The Kier molecular flexibility index (Phi) is 1.90. The molecule has 0 aromatic heterocycles. The quantitative estimate of drug-likeness (QED) is 0.595. The van der Waals surface area contributed by atoms with Crippen molar-refractivity contribution in [3.8, 4) is 0 Å². The molecular formula is C8H14FNO. The number of nitrogens with zero attached hydrogens (tertiary/aromatic N) is 1. The van der Waals surface area contributed by atoms with E-state index in [4.69, 9.17) is 0 Å². The highest BCUT2D eigenvalue weighted by atomic mass is 19.1. The van der Waals surface area contributed by atoms with Gasteiger partial charge in [0.1, 0.15) is 0 Å². The van der Waals surface area contributed by atoms with Gasteiger partial charge in [-0.25, -0.2) is 4.39 Å². The summed E-state index contributed by atoms with van der Waals surface area (Å²) >= 11 is 0. The molecule has 1 amide bonds. The molecule has 2 nitrogen and oxygen atoms in total. The van der Waals surface area contributed by atoms with Gasteiger partial charge in [-0.3, -0.25) is 4.79 Å². The molecule has 0 unspecified atom stereocenters. The fourth-order valence-electron chi connectivity index (χ4n) is 0.874. The average molecular weight is 159 g/mol. The summed E-state index contributed by atoms with van der Waals surface area (Å²) in [4.78, 5) is 12.7. The van der Waals surface area contributed by atoms with Crippen molar-refractivity contribution >= 4 is 5.91 Å². The fraction of sp³-hybridized carbons (Fsp3) is 0.875. The largest absolute Gasteiger partial charge is 0.341 e. The molecular weight excluding hydrogens is 145 g/mol. The normalized spacial score (nSPS) is 20.1. The molecule has 0 saturated heterocycles. The van der Waals surface area contributed by atoms with Crippen molar-refractivity contribution < 1.29 is 9.18 Å². The Bertz CT molecular complexity index is 175. The fourth-order valence-corrected chi connectivity index (χ4v) is 0.874. The third-order valence-electron chi connectivity index (χ3n) is 2.17. The molecule has 3 heteroatoms. The molecule has 1 aliphatic rings. The lowest BCUT2D eigenvalue weighted by Gasteiger charge is -2.22. The summed E-state index contributed by atoms with van der Waals surface area (Å²) in [5, 5.41) is 0. The van der Waals surface area contributed by atoms with Crippen LogP contribution in [0.3, 0.4) is 0 Å². The summed E-state index contributed by atoms with van der Waals surface area (Å²) in [5.74, 6) is -0.354. The number of halogens is 1. The lowest BCUT2D eigenvalue weighted by atomic mass is 10.2. The maximum absolute atomic E-state index is 13.1. The third-order valence-corrected chi connectivity index (χ3v) is 2.17. The van der Waals surface area contributed by atoms with Gasteiger partial charge in [0.2, 0.25) is 0 Å². The molecule has 64 valence electrons. The molecule has 0 aromatic rings. The molecule has 0 N–H and O–H groups in total. The van der Waals surface area contributed by atoms with Crippen molar-refractivity contribution in [3.63, 3.8) is 0 Å². The molecule has 1 aliphatic carbocycles. The monoisotopic (exact) mass is 159 g/mol. The van der Waals surface area contributed by atoms with Crippen LogP contribution in [-0.4, -0.2) is 29.6 Å². The van der Waals surface area contributed by atoms with Crippen LogP contribution in [0.2, 0.25) is 0 Å². The molecule has 1 saturated carbocycles. The summed E-state index contributed by atoms with van der Waals surface area (Å²) in [7, 11) is 1.65. The predicted octanol–water partition coefficient (Wildman–Crippen LogP) is 1.36. The van der Waals surface area contributed by atoms with Gasteiger partial charge in [-0.2, -0.15) is 0 Å². The first-order valence-corrected chi connectivity index (χ1v) is 3.93. The Morgan fingerprint density at radius 2 is 2.00 bits per heavy atom. The van der Waals surface area contributed by atoms with Crippen molar-refractivity contribution in [2.24, 2.45) is 0 Å². The van der Waals surface area contributed by atoms with Crippen LogP contribution in [0.4, 0.5) is 4.39 Å². The maximum Gasteiger partial charge on any atom is 0.260 e. The lowest BCUT2D eigenvalue weighted by Crippen LogP contribution is -2.39. The van der Waals surface area contributed by atoms with E-state index in [1.807, 2.05) is 13.8 Å². The summed E-state index contributed by atoms with van der Waals surface area (Å²) < 4.78 is 13.1. The minimum Gasteiger partial charge on any atom is -0.341 e. The Morgan fingerprint density at radius 1 is 1.55 bits per heavy atom. The zero-order chi connectivity index (χ0) is 8.65. The molecule has 0 atom stereocenters. The van der Waals surface area contributed by atoms with E-state index < -0.39 is 5.67 Å². The Morgan fingerprint density at radius 3 is 2.27 bits per heavy atom. The first-order chi connectivity index (χ1) is 4.97. The first kappa shape index (κ1) is 8.50. The van der Waals surface area contributed by atoms with Crippen molar-refractivity contribution in [2.75, 3.05) is 7.05 Å². The molecule has 0 spiro atoms. The number of alkyl halides is 1. The van der Waals surface area contributed by atoms with Crippen LogP contribution in [-0.2, 0) is 4.79 Å². The SMILES string of the molecule is CC(C)N(C)C(=O)C1(F)CC1. The third kappa shape index (κ3) is 1.52. The maximum atomic E-state index is 13.1. The second-order valence-electron chi connectivity index (χ2n) is 3.48. The molecule has 1 rings (SSSR count). The lowest BCUT2D eigenvalue weighted by molar-refractivity contribution is -0.138. The standard InChI is InChI=1S/C8H14FNO/c1-6(2)10(3)7(11)8(9)4-5-8/h6H,4-5H2,1-3H3. The van der Waals surface area contributed by atoms with Gasteiger partial charge in [-0.1, -0.05) is 0 Å². The molecule has 0 heterocycles. The number of carbonyl (C=O) groups is 1. The summed E-state index contributed by atoms with van der Waals surface area (Å²) in [6.07, 6.45) is 0.811. The average Bonchev–Trinajstić information content (AvgIpc) is 2.66. The van der Waals surface area contributed by atoms with Gasteiger partial charge in [0.25, 0.3) is 5.91 Å². The summed E-state index contributed by atoms with van der Waals surface area (Å²) in [5.41, 5.74) is -1.50. The molecule has 0 aliphatic heterocycles. The van der Waals surface area contributed by atoms with Crippen LogP contribution in [0.15, 0.2) is 0 Å². The summed E-state index contributed by atoms with van der Waals surface area (Å²) in [6, 6.07) is 0.0933. The molecule has 1 fully saturated rings. The van der Waals surface area contributed by atoms with Crippen molar-refractivity contribution in [1.82, 2.24) is 4.90 Å². The van der Waals surface area contributed by atoms with Crippen LogP contribution in [0.5, 0.6) is 0 Å². The van der Waals surface area contributed by atoms with Gasteiger partial charge in [0.15, 0.2) is 5.67 Å². The minimum absolute atomic E-state index is 0.0933. The minimum atomic E-state index is -1.50. The van der Waals surface area contributed by atoms with E-state index in [1.54, 1.807) is 7.05 Å². The van der Waals surface area contributed by atoms with Gasteiger partial charge in [0.05, 0.1) is 0 Å². The van der Waals surface area contributed by atoms with Gasteiger partial charge < -0.3 is 4.90 Å². The van der Waals surface area contributed by atoms with Crippen molar-refractivity contribution in [2.45, 2.75) is 38.4 Å². The highest BCUT2D eigenvalue weighted by molar-refractivity contribution is 5.87. The molecule has 0 radical (unpaired) electrons. The van der Waals surface area contributed by atoms with E-state index in [9.17, 15) is 9.18 Å². The highest BCUT2D eigenvalue weighted by Gasteiger charge is 2.52. The number of hydrogen-bond acceptors (Lipinski definition) is 1. The number of rotatable bonds is 2. The van der Waals surface area contributed by atoms with Crippen molar-refractivity contribution in [1.29, 1.82) is 0 Å². The zero-order valence-corrected chi connectivity index (χ0v) is 7.22. The van der Waals surface area contributed by atoms with E-state index in [0.717, 1.165) is 0 Å². The second kappa shape index (κ2) is 2.47. The van der Waals surface area contributed by atoms with Crippen LogP contribution < -0.4 is 0 Å². The summed E-state index contributed by atoms with van der Waals surface area (Å²) in [6.45, 7) is 3.76. The van der Waals surface area contributed by atoms with Gasteiger partial charge in [-0.05, 0) is 26.7 Å². The molecule has 0 aromatic carbocycles. The van der Waals surface area contributed by atoms with Crippen LogP contribution in [0.25, 0.3) is 0 Å². The number of amides is 1.